The summed E-state index contributed by atoms with van der Waals surface area (Å²) in [5.41, 5.74) is 26.0. The largest absolute Gasteiger partial charge is 0.397 e. The highest BCUT2D eigenvalue weighted by molar-refractivity contribution is 6.18. The molecule has 1 atom stereocenters. The van der Waals surface area contributed by atoms with Crippen molar-refractivity contribution in [3.63, 3.8) is 0 Å². The fraction of sp³-hybridized carbons (Fsp3) is 0.333. The van der Waals surface area contributed by atoms with Crippen LogP contribution >= 0.6 is 0 Å². The Hall–Kier alpha value is -1.46. The Labute approximate surface area is 103 Å². The van der Waals surface area contributed by atoms with Gasteiger partial charge >= 0.3 is 0 Å². The summed E-state index contributed by atoms with van der Waals surface area (Å²) in [5, 5.41) is -0.727. The van der Waals surface area contributed by atoms with E-state index < -0.39 is 11.5 Å². The van der Waals surface area contributed by atoms with Gasteiger partial charge in [0.1, 0.15) is 0 Å². The van der Waals surface area contributed by atoms with E-state index in [4.69, 9.17) is 30.8 Å². The van der Waals surface area contributed by atoms with E-state index >= 15 is 0 Å². The lowest BCUT2D eigenvalue weighted by atomic mass is 9.61. The van der Waals surface area contributed by atoms with E-state index in [0.717, 1.165) is 11.1 Å². The fourth-order valence-corrected chi connectivity index (χ4v) is 1.63. The maximum atomic E-state index is 6.18. The van der Waals surface area contributed by atoms with Crippen LogP contribution in [0.1, 0.15) is 31.1 Å². The van der Waals surface area contributed by atoms with Gasteiger partial charge in [-0.15, -0.1) is 6.58 Å². The smallest absolute Gasteiger partial charge is 0.0867 e. The molecule has 17 heavy (non-hydrogen) atoms. The third-order valence-electron chi connectivity index (χ3n) is 3.13. The monoisotopic (exact) mass is 230 g/mol. The molecule has 0 aliphatic heterocycles. The number of hydrogen-bond donors (Lipinski definition) is 4. The molecule has 0 fully saturated rings. The summed E-state index contributed by atoms with van der Waals surface area (Å²) in [6, 6.07) is 3.54. The van der Waals surface area contributed by atoms with Crippen molar-refractivity contribution in [3.8, 4) is 0 Å². The van der Waals surface area contributed by atoms with Crippen LogP contribution in [0, 0.1) is 0 Å². The van der Waals surface area contributed by atoms with Crippen LogP contribution in [0.4, 0.5) is 11.4 Å². The minimum absolute atomic E-state index is 0.385. The highest BCUT2D eigenvalue weighted by Gasteiger charge is 2.25. The highest BCUT2D eigenvalue weighted by atomic mass is 14.9. The second kappa shape index (κ2) is 4.43. The molecule has 0 aliphatic carbocycles. The molecule has 4 nitrogen and oxygen atoms in total. The van der Waals surface area contributed by atoms with Crippen molar-refractivity contribution < 1.29 is 0 Å². The average Bonchev–Trinajstić information content (AvgIpc) is 2.20. The molecule has 90 valence electrons. The zero-order valence-corrected chi connectivity index (χ0v) is 10.3. The Bertz CT molecular complexity index is 452. The van der Waals surface area contributed by atoms with Gasteiger partial charge in [0.25, 0.3) is 0 Å². The van der Waals surface area contributed by atoms with Gasteiger partial charge in [-0.25, -0.2) is 0 Å². The number of anilines is 2. The summed E-state index contributed by atoms with van der Waals surface area (Å²) >= 11 is 0. The third kappa shape index (κ3) is 2.30. The Morgan fingerprint density at radius 3 is 2.24 bits per heavy atom. The van der Waals surface area contributed by atoms with Gasteiger partial charge in [-0.2, -0.15) is 0 Å². The van der Waals surface area contributed by atoms with Crippen molar-refractivity contribution in [3.05, 3.63) is 35.4 Å². The summed E-state index contributed by atoms with van der Waals surface area (Å²) < 4.78 is 0. The van der Waals surface area contributed by atoms with E-state index in [1.54, 1.807) is 12.1 Å². The van der Waals surface area contributed by atoms with E-state index in [0.29, 0.717) is 16.9 Å². The van der Waals surface area contributed by atoms with Gasteiger partial charge < -0.3 is 22.9 Å². The zero-order chi connectivity index (χ0) is 13.4. The Morgan fingerprint density at radius 1 is 1.29 bits per heavy atom. The van der Waals surface area contributed by atoms with Crippen LogP contribution in [0.15, 0.2) is 24.3 Å². The van der Waals surface area contributed by atoms with E-state index in [9.17, 15) is 0 Å². The summed E-state index contributed by atoms with van der Waals surface area (Å²) in [4.78, 5) is 0. The summed E-state index contributed by atoms with van der Waals surface area (Å²) in [7, 11) is 6.18. The molecule has 0 saturated heterocycles. The van der Waals surface area contributed by atoms with Crippen LogP contribution in [-0.2, 0) is 5.31 Å². The quantitative estimate of drug-likeness (QED) is 0.266. The molecule has 0 aromatic heterocycles. The van der Waals surface area contributed by atoms with Gasteiger partial charge in [-0.3, -0.25) is 0 Å². The fourth-order valence-electron chi connectivity index (χ4n) is 1.63. The van der Waals surface area contributed by atoms with Crippen molar-refractivity contribution in [1.82, 2.24) is 0 Å². The lowest BCUT2D eigenvalue weighted by Crippen LogP contribution is -2.27. The lowest BCUT2D eigenvalue weighted by molar-refractivity contribution is 0.769. The molecule has 0 bridgehead atoms. The maximum Gasteiger partial charge on any atom is 0.0867 e. The minimum atomic E-state index is -0.727. The number of rotatable bonds is 3. The first-order valence-corrected chi connectivity index (χ1v) is 5.34. The predicted molar refractivity (Wildman–Crippen MR) is 74.3 cm³/mol. The van der Waals surface area contributed by atoms with Crippen LogP contribution in [0.5, 0.6) is 0 Å². The molecule has 1 unspecified atom stereocenters. The minimum Gasteiger partial charge on any atom is -0.397 e. The van der Waals surface area contributed by atoms with Crippen molar-refractivity contribution in [2.75, 3.05) is 11.5 Å². The number of allylic oxidation sites excluding steroid dienone is 1. The van der Waals surface area contributed by atoms with Gasteiger partial charge in [-0.05, 0) is 17.8 Å². The number of benzene rings is 1. The molecule has 8 N–H and O–H groups in total. The summed E-state index contributed by atoms with van der Waals surface area (Å²) in [6.45, 7) is 7.54. The second-order valence-corrected chi connectivity index (χ2v) is 4.54. The molecule has 1 rings (SSSR count). The molecular formula is C12H19BN4. The van der Waals surface area contributed by atoms with Crippen LogP contribution < -0.4 is 22.9 Å². The normalized spacial score (nSPS) is 14.6. The first-order valence-electron chi connectivity index (χ1n) is 5.34. The van der Waals surface area contributed by atoms with Gasteiger partial charge in [0.05, 0.1) is 25.4 Å². The maximum absolute atomic E-state index is 6.18. The van der Waals surface area contributed by atoms with Crippen molar-refractivity contribution in [2.24, 2.45) is 11.5 Å². The van der Waals surface area contributed by atoms with Gasteiger partial charge in [0, 0.05) is 5.56 Å². The highest BCUT2D eigenvalue weighted by Crippen LogP contribution is 2.36. The van der Waals surface area contributed by atoms with E-state index in [1.807, 2.05) is 13.8 Å². The molecule has 2 radical (unpaired) electrons. The van der Waals surface area contributed by atoms with Gasteiger partial charge in [0.2, 0.25) is 0 Å². The SMILES string of the molecule is [B]C(C)(C(=C)C)c1ccc(C(N)N)c(N)c1N. The van der Waals surface area contributed by atoms with E-state index in [2.05, 4.69) is 6.58 Å². The number of nitrogens with two attached hydrogens (primary N) is 4. The van der Waals surface area contributed by atoms with Gasteiger partial charge in [0.15, 0.2) is 0 Å². The van der Waals surface area contributed by atoms with Crippen LogP contribution in [-0.4, -0.2) is 7.85 Å². The second-order valence-electron chi connectivity index (χ2n) is 4.54. The zero-order valence-electron chi connectivity index (χ0n) is 10.3. The van der Waals surface area contributed by atoms with E-state index in [-0.39, 0.29) is 0 Å². The molecular weight excluding hydrogens is 211 g/mol. The summed E-state index contributed by atoms with van der Waals surface area (Å²) in [6.07, 6.45) is -0.653. The molecule has 1 aromatic rings. The molecule has 0 spiro atoms. The lowest BCUT2D eigenvalue weighted by Gasteiger charge is -2.29. The van der Waals surface area contributed by atoms with Crippen LogP contribution in [0.25, 0.3) is 0 Å². The topological polar surface area (TPSA) is 104 Å². The Kier molecular flexibility index (Phi) is 3.55. The average molecular weight is 230 g/mol. The van der Waals surface area contributed by atoms with Crippen molar-refractivity contribution in [2.45, 2.75) is 25.3 Å². The third-order valence-corrected chi connectivity index (χ3v) is 3.13. The molecule has 0 aliphatic rings. The molecule has 1 aromatic carbocycles. The summed E-state index contributed by atoms with van der Waals surface area (Å²) in [5.74, 6) is 0. The molecule has 0 heterocycles. The standard InChI is InChI=1S/C12H19BN4/c1-6(2)12(3,13)8-5-4-7(11(16)17)9(14)10(8)15/h4-5,11H,1,14-17H2,2-3H3. The Balaban J connectivity index is 3.41. The van der Waals surface area contributed by atoms with Gasteiger partial charge in [-0.1, -0.05) is 24.6 Å². The predicted octanol–water partition coefficient (Wildman–Crippen LogP) is 0.727. The van der Waals surface area contributed by atoms with Crippen LogP contribution in [0.2, 0.25) is 0 Å². The van der Waals surface area contributed by atoms with Crippen molar-refractivity contribution in [1.29, 1.82) is 0 Å². The van der Waals surface area contributed by atoms with Crippen LogP contribution in [0.3, 0.4) is 0 Å². The van der Waals surface area contributed by atoms with Crippen molar-refractivity contribution >= 4 is 19.2 Å². The molecule has 0 saturated carbocycles. The first-order chi connectivity index (χ1) is 7.69. The molecule has 0 amide bonds. The molecule has 5 heteroatoms. The Morgan fingerprint density at radius 2 is 1.82 bits per heavy atom. The number of nitrogen functional groups attached to an aromatic ring is 2. The first kappa shape index (κ1) is 13.6. The van der Waals surface area contributed by atoms with E-state index in [1.165, 1.54) is 0 Å². The number of hydrogen-bond acceptors (Lipinski definition) is 4.